The van der Waals surface area contributed by atoms with Gasteiger partial charge in [0.1, 0.15) is 0 Å². The summed E-state index contributed by atoms with van der Waals surface area (Å²) in [6.07, 6.45) is 2.12. The quantitative estimate of drug-likeness (QED) is 0.844. The Labute approximate surface area is 108 Å². The molecule has 0 saturated heterocycles. The molecule has 1 aromatic carbocycles. The molecular formula is C16H19NO. The largest absolute Gasteiger partial charge is 0.340 e. The molecule has 1 aliphatic rings. The van der Waals surface area contributed by atoms with Gasteiger partial charge in [0.2, 0.25) is 0 Å². The van der Waals surface area contributed by atoms with Crippen molar-refractivity contribution in [3.63, 3.8) is 0 Å². The van der Waals surface area contributed by atoms with Crippen LogP contribution < -0.4 is 5.32 Å². The summed E-state index contributed by atoms with van der Waals surface area (Å²) in [4.78, 5) is 12.2. The molecular weight excluding hydrogens is 222 g/mol. The Bertz CT molecular complexity index is 539. The van der Waals surface area contributed by atoms with Crippen LogP contribution in [0.3, 0.4) is 0 Å². The Hall–Kier alpha value is -1.83. The summed E-state index contributed by atoms with van der Waals surface area (Å²) in [5.74, 6) is -0.0313. The lowest BCUT2D eigenvalue weighted by Gasteiger charge is -2.26. The van der Waals surface area contributed by atoms with Gasteiger partial charge in [-0.15, -0.1) is 0 Å². The molecule has 0 fully saturated rings. The number of benzene rings is 1. The fourth-order valence-electron chi connectivity index (χ4n) is 2.36. The van der Waals surface area contributed by atoms with Gasteiger partial charge in [-0.3, -0.25) is 4.79 Å². The normalized spacial score (nSPS) is 23.0. The van der Waals surface area contributed by atoms with Gasteiger partial charge in [-0.1, -0.05) is 24.3 Å². The van der Waals surface area contributed by atoms with E-state index in [-0.39, 0.29) is 11.4 Å². The highest BCUT2D eigenvalue weighted by atomic mass is 16.1. The molecule has 18 heavy (non-hydrogen) atoms. The van der Waals surface area contributed by atoms with Crippen molar-refractivity contribution in [2.45, 2.75) is 33.2 Å². The predicted molar refractivity (Wildman–Crippen MR) is 74.4 cm³/mol. The average Bonchev–Trinajstić information content (AvgIpc) is 2.54. The van der Waals surface area contributed by atoms with Crippen LogP contribution in [-0.4, -0.2) is 11.4 Å². The Morgan fingerprint density at radius 1 is 1.11 bits per heavy atom. The summed E-state index contributed by atoms with van der Waals surface area (Å²) in [5, 5.41) is 3.11. The maximum absolute atomic E-state index is 12.2. The van der Waals surface area contributed by atoms with Crippen LogP contribution in [0.2, 0.25) is 0 Å². The van der Waals surface area contributed by atoms with E-state index in [0.717, 1.165) is 0 Å². The van der Waals surface area contributed by atoms with Crippen LogP contribution in [0, 0.1) is 0 Å². The van der Waals surface area contributed by atoms with Gasteiger partial charge in [0.25, 0.3) is 5.91 Å². The maximum Gasteiger partial charge on any atom is 0.252 e. The topological polar surface area (TPSA) is 29.1 Å². The zero-order valence-corrected chi connectivity index (χ0v) is 11.4. The van der Waals surface area contributed by atoms with Crippen molar-refractivity contribution in [1.82, 2.24) is 5.32 Å². The first kappa shape index (κ1) is 12.6. The molecule has 2 nitrogen and oxygen atoms in total. The molecule has 2 heteroatoms. The molecule has 0 aromatic heterocycles. The average molecular weight is 241 g/mol. The monoisotopic (exact) mass is 241 g/mol. The van der Waals surface area contributed by atoms with E-state index >= 15 is 0 Å². The fourth-order valence-corrected chi connectivity index (χ4v) is 2.36. The minimum absolute atomic E-state index is 0.0313. The number of carbonyl (C=O) groups excluding carboxylic acids is 1. The third-order valence-electron chi connectivity index (χ3n) is 3.85. The van der Waals surface area contributed by atoms with E-state index < -0.39 is 0 Å². The van der Waals surface area contributed by atoms with E-state index in [1.54, 1.807) is 0 Å². The molecule has 1 unspecified atom stereocenters. The van der Waals surface area contributed by atoms with Crippen molar-refractivity contribution in [1.29, 1.82) is 0 Å². The third kappa shape index (κ3) is 2.10. The molecule has 0 bridgehead atoms. The van der Waals surface area contributed by atoms with E-state index in [1.165, 1.54) is 16.7 Å². The smallest absolute Gasteiger partial charge is 0.252 e. The standard InChI is InChI=1S/C16H19NO/c1-11-10-16(4,13(3)12(11)2)17-15(18)14-8-6-5-7-9-14/h5-10H,1-4H3,(H,17,18). The van der Waals surface area contributed by atoms with Crippen LogP contribution >= 0.6 is 0 Å². The van der Waals surface area contributed by atoms with Crippen molar-refractivity contribution >= 4 is 5.91 Å². The number of hydrogen-bond acceptors (Lipinski definition) is 1. The molecule has 1 aromatic rings. The third-order valence-corrected chi connectivity index (χ3v) is 3.85. The Balaban J connectivity index is 2.24. The lowest BCUT2D eigenvalue weighted by Crippen LogP contribution is -2.44. The van der Waals surface area contributed by atoms with Crippen molar-refractivity contribution in [2.24, 2.45) is 0 Å². The second-order valence-corrected chi connectivity index (χ2v) is 5.10. The second kappa shape index (κ2) is 4.45. The van der Waals surface area contributed by atoms with E-state index in [4.69, 9.17) is 0 Å². The van der Waals surface area contributed by atoms with Crippen molar-refractivity contribution < 1.29 is 4.79 Å². The van der Waals surface area contributed by atoms with Gasteiger partial charge in [0.05, 0.1) is 5.54 Å². The first-order valence-corrected chi connectivity index (χ1v) is 6.19. The van der Waals surface area contributed by atoms with Crippen LogP contribution in [0.15, 0.2) is 53.1 Å². The number of carbonyl (C=O) groups is 1. The van der Waals surface area contributed by atoms with E-state index in [2.05, 4.69) is 32.2 Å². The molecule has 0 aliphatic heterocycles. The highest BCUT2D eigenvalue weighted by molar-refractivity contribution is 5.95. The van der Waals surface area contributed by atoms with Crippen LogP contribution in [0.1, 0.15) is 38.1 Å². The molecule has 1 N–H and O–H groups in total. The number of rotatable bonds is 2. The Morgan fingerprint density at radius 2 is 1.72 bits per heavy atom. The summed E-state index contributed by atoms with van der Waals surface area (Å²) >= 11 is 0. The summed E-state index contributed by atoms with van der Waals surface area (Å²) < 4.78 is 0. The van der Waals surface area contributed by atoms with Gasteiger partial charge in [-0.2, -0.15) is 0 Å². The molecule has 0 radical (unpaired) electrons. The van der Waals surface area contributed by atoms with Gasteiger partial charge < -0.3 is 5.32 Å². The van der Waals surface area contributed by atoms with Gasteiger partial charge in [-0.25, -0.2) is 0 Å². The number of amides is 1. The lowest BCUT2D eigenvalue weighted by molar-refractivity contribution is 0.0931. The highest BCUT2D eigenvalue weighted by Gasteiger charge is 2.32. The molecule has 2 rings (SSSR count). The van der Waals surface area contributed by atoms with E-state index in [0.29, 0.717) is 5.56 Å². The molecule has 1 atom stereocenters. The first-order valence-electron chi connectivity index (χ1n) is 6.19. The zero-order chi connectivity index (χ0) is 13.3. The molecule has 0 saturated carbocycles. The lowest BCUT2D eigenvalue weighted by atomic mass is 9.94. The molecule has 0 spiro atoms. The summed E-state index contributed by atoms with van der Waals surface area (Å²) in [5.41, 5.74) is 4.06. The van der Waals surface area contributed by atoms with Crippen LogP contribution in [0.25, 0.3) is 0 Å². The second-order valence-electron chi connectivity index (χ2n) is 5.10. The molecule has 94 valence electrons. The SMILES string of the molecule is CC1=CC(C)(NC(=O)c2ccccc2)C(C)=C1C. The van der Waals surface area contributed by atoms with Crippen molar-refractivity contribution in [3.05, 3.63) is 58.7 Å². The number of hydrogen-bond donors (Lipinski definition) is 1. The van der Waals surface area contributed by atoms with Crippen LogP contribution in [-0.2, 0) is 0 Å². The zero-order valence-electron chi connectivity index (χ0n) is 11.4. The molecule has 0 heterocycles. The first-order chi connectivity index (χ1) is 8.44. The van der Waals surface area contributed by atoms with Gasteiger partial charge in [-0.05, 0) is 56.5 Å². The van der Waals surface area contributed by atoms with Gasteiger partial charge in [0, 0.05) is 5.56 Å². The fraction of sp³-hybridized carbons (Fsp3) is 0.312. The number of allylic oxidation sites excluding steroid dienone is 2. The minimum atomic E-state index is -0.360. The van der Waals surface area contributed by atoms with Gasteiger partial charge in [0.15, 0.2) is 0 Å². The minimum Gasteiger partial charge on any atom is -0.340 e. The predicted octanol–water partition coefficient (Wildman–Crippen LogP) is 3.47. The van der Waals surface area contributed by atoms with Crippen molar-refractivity contribution in [3.8, 4) is 0 Å². The number of nitrogens with one attached hydrogen (secondary N) is 1. The molecule has 1 amide bonds. The highest BCUT2D eigenvalue weighted by Crippen LogP contribution is 2.33. The maximum atomic E-state index is 12.2. The molecule has 1 aliphatic carbocycles. The van der Waals surface area contributed by atoms with Crippen LogP contribution in [0.4, 0.5) is 0 Å². The summed E-state index contributed by atoms with van der Waals surface area (Å²) in [6, 6.07) is 9.32. The Kier molecular flexibility index (Phi) is 3.12. The van der Waals surface area contributed by atoms with Gasteiger partial charge >= 0.3 is 0 Å². The summed E-state index contributed by atoms with van der Waals surface area (Å²) in [7, 11) is 0. The summed E-state index contributed by atoms with van der Waals surface area (Å²) in [6.45, 7) is 8.30. The van der Waals surface area contributed by atoms with Crippen LogP contribution in [0.5, 0.6) is 0 Å². The Morgan fingerprint density at radius 3 is 2.22 bits per heavy atom. The van der Waals surface area contributed by atoms with Crippen molar-refractivity contribution in [2.75, 3.05) is 0 Å². The van der Waals surface area contributed by atoms with E-state index in [9.17, 15) is 4.79 Å². The van der Waals surface area contributed by atoms with E-state index in [1.807, 2.05) is 37.3 Å².